The van der Waals surface area contributed by atoms with Crippen LogP contribution in [0.2, 0.25) is 4.34 Å². The molecule has 1 aromatic heterocycles. The fourth-order valence-electron chi connectivity index (χ4n) is 1.70. The summed E-state index contributed by atoms with van der Waals surface area (Å²) >= 11 is 6.76. The zero-order chi connectivity index (χ0) is 11.8. The third-order valence-corrected chi connectivity index (χ3v) is 6.07. The van der Waals surface area contributed by atoms with Crippen LogP contribution in [0.15, 0.2) is 16.3 Å². The second-order valence-corrected chi connectivity index (χ2v) is 7.60. The van der Waals surface area contributed by atoms with Gasteiger partial charge in [0.1, 0.15) is 4.21 Å². The summed E-state index contributed by atoms with van der Waals surface area (Å²) < 4.78 is 26.2. The van der Waals surface area contributed by atoms with E-state index in [2.05, 4.69) is 0 Å². The second kappa shape index (κ2) is 4.62. The molecule has 4 nitrogen and oxygen atoms in total. The quantitative estimate of drug-likeness (QED) is 0.895. The van der Waals surface area contributed by atoms with E-state index in [1.807, 2.05) is 0 Å². The second-order valence-electron chi connectivity index (χ2n) is 3.72. The highest BCUT2D eigenvalue weighted by atomic mass is 35.5. The summed E-state index contributed by atoms with van der Waals surface area (Å²) in [6.07, 6.45) is 0.801. The minimum Gasteiger partial charge on any atom is -0.392 e. The van der Waals surface area contributed by atoms with Crippen LogP contribution in [0.25, 0.3) is 0 Å². The molecule has 1 aliphatic rings. The van der Waals surface area contributed by atoms with Gasteiger partial charge < -0.3 is 5.11 Å². The third-order valence-electron chi connectivity index (χ3n) is 2.50. The van der Waals surface area contributed by atoms with E-state index < -0.39 is 16.1 Å². The molecule has 1 saturated heterocycles. The lowest BCUT2D eigenvalue weighted by atomic mass is 10.1. The molecule has 16 heavy (non-hydrogen) atoms. The van der Waals surface area contributed by atoms with Gasteiger partial charge in [-0.25, -0.2) is 8.42 Å². The summed E-state index contributed by atoms with van der Waals surface area (Å²) in [5, 5.41) is 9.47. The first kappa shape index (κ1) is 12.3. The molecule has 1 atom stereocenters. The number of β-amino-alcohol motifs (C(OH)–C–C–N with tert-alkyl or cyclic N) is 1. The van der Waals surface area contributed by atoms with Crippen molar-refractivity contribution in [3.63, 3.8) is 0 Å². The Bertz CT molecular complexity index is 471. The maximum Gasteiger partial charge on any atom is 0.252 e. The molecule has 2 heterocycles. The van der Waals surface area contributed by atoms with Crippen molar-refractivity contribution in [1.82, 2.24) is 4.31 Å². The summed E-state index contributed by atoms with van der Waals surface area (Å²) in [7, 11) is -3.47. The van der Waals surface area contributed by atoms with Crippen LogP contribution < -0.4 is 0 Å². The van der Waals surface area contributed by atoms with Crippen LogP contribution >= 0.6 is 22.9 Å². The average Bonchev–Trinajstić information content (AvgIpc) is 2.65. The summed E-state index contributed by atoms with van der Waals surface area (Å²) in [5.74, 6) is 0. The van der Waals surface area contributed by atoms with E-state index in [0.717, 1.165) is 11.3 Å². The Hall–Kier alpha value is -0.140. The standard InChI is InChI=1S/C9H12ClNO3S2/c10-8-3-4-9(15-8)16(13,14)11-5-1-2-7(12)6-11/h3-4,7,12H,1-2,5-6H2. The van der Waals surface area contributed by atoms with Gasteiger partial charge in [-0.05, 0) is 25.0 Å². The molecular weight excluding hydrogens is 270 g/mol. The van der Waals surface area contributed by atoms with Gasteiger partial charge in [0.15, 0.2) is 0 Å². The number of hydrogen-bond acceptors (Lipinski definition) is 4. The number of rotatable bonds is 2. The number of nitrogens with zero attached hydrogens (tertiary/aromatic N) is 1. The molecule has 0 aromatic carbocycles. The Labute approximate surface area is 104 Å². The number of sulfonamides is 1. The van der Waals surface area contributed by atoms with Gasteiger partial charge in [-0.2, -0.15) is 4.31 Å². The lowest BCUT2D eigenvalue weighted by molar-refractivity contribution is 0.108. The molecule has 2 rings (SSSR count). The molecule has 0 bridgehead atoms. The van der Waals surface area contributed by atoms with Crippen LogP contribution in [0.4, 0.5) is 0 Å². The highest BCUT2D eigenvalue weighted by molar-refractivity contribution is 7.91. The van der Waals surface area contributed by atoms with Crippen molar-refractivity contribution in [2.24, 2.45) is 0 Å². The van der Waals surface area contributed by atoms with Gasteiger partial charge in [-0.15, -0.1) is 11.3 Å². The number of thiophene rings is 1. The van der Waals surface area contributed by atoms with Crippen LogP contribution in [0.1, 0.15) is 12.8 Å². The SMILES string of the molecule is O=S(=O)(c1ccc(Cl)s1)N1CCCC(O)C1. The molecule has 7 heteroatoms. The summed E-state index contributed by atoms with van der Waals surface area (Å²) in [6.45, 7) is 0.646. The molecule has 0 radical (unpaired) electrons. The Kier molecular flexibility index (Phi) is 3.56. The Balaban J connectivity index is 2.25. The van der Waals surface area contributed by atoms with Crippen molar-refractivity contribution >= 4 is 33.0 Å². The van der Waals surface area contributed by atoms with Gasteiger partial charge >= 0.3 is 0 Å². The third kappa shape index (κ3) is 2.41. The van der Waals surface area contributed by atoms with Crippen LogP contribution in [0.3, 0.4) is 0 Å². The lowest BCUT2D eigenvalue weighted by Crippen LogP contribution is -2.41. The molecule has 1 fully saturated rings. The summed E-state index contributed by atoms with van der Waals surface area (Å²) in [5.41, 5.74) is 0. The Morgan fingerprint density at radius 3 is 2.81 bits per heavy atom. The molecule has 0 saturated carbocycles. The van der Waals surface area contributed by atoms with Crippen molar-refractivity contribution in [2.45, 2.75) is 23.2 Å². The monoisotopic (exact) mass is 281 g/mol. The van der Waals surface area contributed by atoms with Crippen LogP contribution in [0.5, 0.6) is 0 Å². The Morgan fingerprint density at radius 2 is 2.25 bits per heavy atom. The van der Waals surface area contributed by atoms with E-state index in [9.17, 15) is 13.5 Å². The van der Waals surface area contributed by atoms with E-state index in [1.165, 1.54) is 10.4 Å². The first-order chi connectivity index (χ1) is 7.50. The number of halogens is 1. The van der Waals surface area contributed by atoms with E-state index in [0.29, 0.717) is 23.7 Å². The van der Waals surface area contributed by atoms with Crippen LogP contribution in [0, 0.1) is 0 Å². The van der Waals surface area contributed by atoms with Crippen molar-refractivity contribution in [3.05, 3.63) is 16.5 Å². The van der Waals surface area contributed by atoms with E-state index in [1.54, 1.807) is 6.07 Å². The maximum atomic E-state index is 12.1. The molecule has 0 aliphatic carbocycles. The normalized spacial score (nSPS) is 23.5. The fraction of sp³-hybridized carbons (Fsp3) is 0.556. The first-order valence-corrected chi connectivity index (χ1v) is 7.57. The van der Waals surface area contributed by atoms with E-state index in [4.69, 9.17) is 11.6 Å². The van der Waals surface area contributed by atoms with Crippen molar-refractivity contribution in [1.29, 1.82) is 0 Å². The molecular formula is C9H12ClNO3S2. The zero-order valence-corrected chi connectivity index (χ0v) is 10.9. The Morgan fingerprint density at radius 1 is 1.50 bits per heavy atom. The number of aliphatic hydroxyl groups is 1. The fourth-order valence-corrected chi connectivity index (χ4v) is 4.86. The number of piperidine rings is 1. The molecule has 1 N–H and O–H groups in total. The molecule has 1 aliphatic heterocycles. The van der Waals surface area contributed by atoms with Gasteiger partial charge in [-0.1, -0.05) is 11.6 Å². The lowest BCUT2D eigenvalue weighted by Gasteiger charge is -2.28. The molecule has 90 valence electrons. The highest BCUT2D eigenvalue weighted by Gasteiger charge is 2.30. The number of aliphatic hydroxyl groups excluding tert-OH is 1. The summed E-state index contributed by atoms with van der Waals surface area (Å²) in [6, 6.07) is 3.07. The number of hydrogen-bond donors (Lipinski definition) is 1. The van der Waals surface area contributed by atoms with Gasteiger partial charge in [0.25, 0.3) is 10.0 Å². The molecule has 0 amide bonds. The van der Waals surface area contributed by atoms with Crippen LogP contribution in [-0.2, 0) is 10.0 Å². The predicted octanol–water partition coefficient (Wildman–Crippen LogP) is 1.55. The van der Waals surface area contributed by atoms with Gasteiger partial charge in [0.05, 0.1) is 10.4 Å². The summed E-state index contributed by atoms with van der Waals surface area (Å²) in [4.78, 5) is 0. The van der Waals surface area contributed by atoms with E-state index >= 15 is 0 Å². The maximum absolute atomic E-state index is 12.1. The first-order valence-electron chi connectivity index (χ1n) is 4.94. The minimum atomic E-state index is -3.47. The molecule has 0 spiro atoms. The zero-order valence-electron chi connectivity index (χ0n) is 8.47. The molecule has 1 unspecified atom stereocenters. The smallest absolute Gasteiger partial charge is 0.252 e. The van der Waals surface area contributed by atoms with Crippen molar-refractivity contribution in [3.8, 4) is 0 Å². The van der Waals surface area contributed by atoms with Gasteiger partial charge in [0, 0.05) is 13.1 Å². The predicted molar refractivity (Wildman–Crippen MR) is 63.3 cm³/mol. The van der Waals surface area contributed by atoms with Gasteiger partial charge in [0.2, 0.25) is 0 Å². The minimum absolute atomic E-state index is 0.178. The van der Waals surface area contributed by atoms with Gasteiger partial charge in [-0.3, -0.25) is 0 Å². The largest absolute Gasteiger partial charge is 0.392 e. The van der Waals surface area contributed by atoms with E-state index in [-0.39, 0.29) is 10.8 Å². The highest BCUT2D eigenvalue weighted by Crippen LogP contribution is 2.29. The van der Waals surface area contributed by atoms with Crippen LogP contribution in [-0.4, -0.2) is 37.0 Å². The average molecular weight is 282 g/mol. The topological polar surface area (TPSA) is 57.6 Å². The molecule has 1 aromatic rings. The van der Waals surface area contributed by atoms with Crippen molar-refractivity contribution < 1.29 is 13.5 Å². The van der Waals surface area contributed by atoms with Crippen molar-refractivity contribution in [2.75, 3.05) is 13.1 Å².